The summed E-state index contributed by atoms with van der Waals surface area (Å²) >= 11 is 0. The van der Waals surface area contributed by atoms with Crippen molar-refractivity contribution < 1.29 is 9.53 Å². The molecular formula is C18H19N3O2. The number of pyridine rings is 1. The Morgan fingerprint density at radius 1 is 1.17 bits per heavy atom. The van der Waals surface area contributed by atoms with Gasteiger partial charge in [0, 0.05) is 11.9 Å². The van der Waals surface area contributed by atoms with E-state index in [9.17, 15) is 4.79 Å². The highest BCUT2D eigenvalue weighted by molar-refractivity contribution is 5.92. The van der Waals surface area contributed by atoms with Crippen LogP contribution in [0.2, 0.25) is 0 Å². The van der Waals surface area contributed by atoms with Gasteiger partial charge in [-0.1, -0.05) is 23.8 Å². The van der Waals surface area contributed by atoms with Gasteiger partial charge in [-0.05, 0) is 38.1 Å². The number of carbonyl (C=O) groups excluding carboxylic acids is 1. The molecule has 2 aromatic heterocycles. The average molecular weight is 309 g/mol. The quantitative estimate of drug-likeness (QED) is 0.737. The van der Waals surface area contributed by atoms with Crippen LogP contribution in [0.5, 0.6) is 5.75 Å². The number of aromatic nitrogens is 2. The molecule has 0 saturated heterocycles. The van der Waals surface area contributed by atoms with Gasteiger partial charge in [-0.2, -0.15) is 0 Å². The van der Waals surface area contributed by atoms with Crippen molar-refractivity contribution in [3.8, 4) is 5.75 Å². The first kappa shape index (κ1) is 15.1. The van der Waals surface area contributed by atoms with Crippen LogP contribution in [0.3, 0.4) is 0 Å². The first-order valence-electron chi connectivity index (χ1n) is 7.56. The standard InChI is InChI=1S/C18H19N3O2/c1-13-6-8-15(9-7-13)23-11-10-19-18(22)16-12-21-14(2)4-3-5-17(21)20-16/h3-9,12H,10-11H2,1-2H3,(H,19,22). The van der Waals surface area contributed by atoms with Gasteiger partial charge in [0.2, 0.25) is 0 Å². The number of fused-ring (bicyclic) bond motifs is 1. The predicted molar refractivity (Wildman–Crippen MR) is 88.9 cm³/mol. The molecule has 118 valence electrons. The van der Waals surface area contributed by atoms with Gasteiger partial charge in [0.25, 0.3) is 5.91 Å². The van der Waals surface area contributed by atoms with Gasteiger partial charge in [0.15, 0.2) is 0 Å². The third-order valence-electron chi connectivity index (χ3n) is 3.61. The lowest BCUT2D eigenvalue weighted by Crippen LogP contribution is -2.28. The van der Waals surface area contributed by atoms with Crippen molar-refractivity contribution in [3.05, 3.63) is 65.6 Å². The topological polar surface area (TPSA) is 55.6 Å². The minimum atomic E-state index is -0.194. The summed E-state index contributed by atoms with van der Waals surface area (Å²) in [7, 11) is 0. The molecule has 0 saturated carbocycles. The second-order valence-electron chi connectivity index (χ2n) is 5.44. The maximum absolute atomic E-state index is 12.1. The molecule has 2 heterocycles. The minimum Gasteiger partial charge on any atom is -0.492 e. The number of carbonyl (C=O) groups is 1. The lowest BCUT2D eigenvalue weighted by atomic mass is 10.2. The molecular weight excluding hydrogens is 290 g/mol. The van der Waals surface area contributed by atoms with E-state index in [1.807, 2.05) is 60.7 Å². The van der Waals surface area contributed by atoms with Crippen LogP contribution in [-0.4, -0.2) is 28.4 Å². The van der Waals surface area contributed by atoms with Crippen LogP contribution >= 0.6 is 0 Å². The van der Waals surface area contributed by atoms with Gasteiger partial charge in [0.05, 0.1) is 6.54 Å². The Hall–Kier alpha value is -2.82. The summed E-state index contributed by atoms with van der Waals surface area (Å²) in [5.74, 6) is 0.605. The fourth-order valence-corrected chi connectivity index (χ4v) is 2.32. The molecule has 0 unspecified atom stereocenters. The highest BCUT2D eigenvalue weighted by Crippen LogP contribution is 2.11. The van der Waals surface area contributed by atoms with Crippen molar-refractivity contribution in [3.63, 3.8) is 0 Å². The Morgan fingerprint density at radius 2 is 1.96 bits per heavy atom. The lowest BCUT2D eigenvalue weighted by Gasteiger charge is -2.07. The van der Waals surface area contributed by atoms with Crippen LogP contribution in [0.25, 0.3) is 5.65 Å². The number of ether oxygens (including phenoxy) is 1. The third-order valence-corrected chi connectivity index (χ3v) is 3.61. The maximum atomic E-state index is 12.1. The maximum Gasteiger partial charge on any atom is 0.271 e. The SMILES string of the molecule is Cc1ccc(OCCNC(=O)c2cn3c(C)cccc3n2)cc1. The molecule has 5 heteroatoms. The van der Waals surface area contributed by atoms with Crippen LogP contribution in [0.15, 0.2) is 48.7 Å². The summed E-state index contributed by atoms with van der Waals surface area (Å²) in [6.07, 6.45) is 1.75. The molecule has 3 aromatic rings. The molecule has 0 aliphatic heterocycles. The van der Waals surface area contributed by atoms with Crippen molar-refractivity contribution >= 4 is 11.6 Å². The molecule has 0 fully saturated rings. The number of hydrogen-bond donors (Lipinski definition) is 1. The number of nitrogens with zero attached hydrogens (tertiary/aromatic N) is 2. The molecule has 5 nitrogen and oxygen atoms in total. The van der Waals surface area contributed by atoms with E-state index in [-0.39, 0.29) is 5.91 Å². The first-order chi connectivity index (χ1) is 11.1. The number of benzene rings is 1. The van der Waals surface area contributed by atoms with Gasteiger partial charge < -0.3 is 14.5 Å². The van der Waals surface area contributed by atoms with E-state index >= 15 is 0 Å². The molecule has 1 amide bonds. The minimum absolute atomic E-state index is 0.194. The van der Waals surface area contributed by atoms with E-state index in [0.717, 1.165) is 17.1 Å². The predicted octanol–water partition coefficient (Wildman–Crippen LogP) is 2.76. The second kappa shape index (κ2) is 6.52. The summed E-state index contributed by atoms with van der Waals surface area (Å²) in [5.41, 5.74) is 3.41. The molecule has 0 atom stereocenters. The summed E-state index contributed by atoms with van der Waals surface area (Å²) < 4.78 is 7.49. The van der Waals surface area contributed by atoms with Crippen molar-refractivity contribution in [2.75, 3.05) is 13.2 Å². The molecule has 1 aromatic carbocycles. The Kier molecular flexibility index (Phi) is 4.28. The van der Waals surface area contributed by atoms with Crippen LogP contribution < -0.4 is 10.1 Å². The van der Waals surface area contributed by atoms with Crippen LogP contribution in [0.4, 0.5) is 0 Å². The van der Waals surface area contributed by atoms with E-state index in [2.05, 4.69) is 10.3 Å². The number of nitrogens with one attached hydrogen (secondary N) is 1. The number of hydrogen-bond acceptors (Lipinski definition) is 3. The van der Waals surface area contributed by atoms with Crippen LogP contribution in [-0.2, 0) is 0 Å². The van der Waals surface area contributed by atoms with Crippen LogP contribution in [0.1, 0.15) is 21.7 Å². The van der Waals surface area contributed by atoms with E-state index in [1.54, 1.807) is 6.20 Å². The highest BCUT2D eigenvalue weighted by atomic mass is 16.5. The van der Waals surface area contributed by atoms with Gasteiger partial charge in [-0.15, -0.1) is 0 Å². The number of amides is 1. The average Bonchev–Trinajstić information content (AvgIpc) is 2.99. The number of aryl methyl sites for hydroxylation is 2. The summed E-state index contributed by atoms with van der Waals surface area (Å²) in [6, 6.07) is 13.6. The zero-order valence-corrected chi connectivity index (χ0v) is 13.2. The fraction of sp³-hybridized carbons (Fsp3) is 0.222. The summed E-state index contributed by atoms with van der Waals surface area (Å²) in [4.78, 5) is 16.5. The molecule has 0 aliphatic rings. The van der Waals surface area contributed by atoms with E-state index in [1.165, 1.54) is 5.56 Å². The largest absolute Gasteiger partial charge is 0.492 e. The van der Waals surface area contributed by atoms with Gasteiger partial charge >= 0.3 is 0 Å². The monoisotopic (exact) mass is 309 g/mol. The molecule has 3 rings (SSSR count). The molecule has 0 bridgehead atoms. The Bertz CT molecular complexity index is 822. The number of rotatable bonds is 5. The lowest BCUT2D eigenvalue weighted by molar-refractivity contribution is 0.0942. The van der Waals surface area contributed by atoms with Gasteiger partial charge in [-0.3, -0.25) is 4.79 Å². The van der Waals surface area contributed by atoms with Crippen LogP contribution in [0, 0.1) is 13.8 Å². The second-order valence-corrected chi connectivity index (χ2v) is 5.44. The van der Waals surface area contributed by atoms with Gasteiger partial charge in [-0.25, -0.2) is 4.98 Å². The van der Waals surface area contributed by atoms with E-state index in [4.69, 9.17) is 4.74 Å². The Labute approximate surface area is 134 Å². The van der Waals surface area contributed by atoms with E-state index in [0.29, 0.717) is 18.8 Å². The third kappa shape index (κ3) is 3.51. The van der Waals surface area contributed by atoms with Crippen molar-refractivity contribution in [2.24, 2.45) is 0 Å². The zero-order valence-electron chi connectivity index (χ0n) is 13.2. The van der Waals surface area contributed by atoms with Crippen molar-refractivity contribution in [1.29, 1.82) is 0 Å². The Morgan fingerprint density at radius 3 is 2.70 bits per heavy atom. The van der Waals surface area contributed by atoms with Crippen molar-refractivity contribution in [2.45, 2.75) is 13.8 Å². The molecule has 1 N–H and O–H groups in total. The smallest absolute Gasteiger partial charge is 0.271 e. The summed E-state index contributed by atoms with van der Waals surface area (Å²) in [5, 5.41) is 2.82. The highest BCUT2D eigenvalue weighted by Gasteiger charge is 2.10. The van der Waals surface area contributed by atoms with Crippen molar-refractivity contribution in [1.82, 2.24) is 14.7 Å². The molecule has 0 spiro atoms. The molecule has 23 heavy (non-hydrogen) atoms. The normalized spacial score (nSPS) is 10.7. The summed E-state index contributed by atoms with van der Waals surface area (Å²) in [6.45, 7) is 4.85. The molecule has 0 aliphatic carbocycles. The van der Waals surface area contributed by atoms with E-state index < -0.39 is 0 Å². The Balaban J connectivity index is 1.54. The number of imidazole rings is 1. The zero-order chi connectivity index (χ0) is 16.2. The first-order valence-corrected chi connectivity index (χ1v) is 7.56. The van der Waals surface area contributed by atoms with Gasteiger partial charge in [0.1, 0.15) is 23.7 Å². The fourth-order valence-electron chi connectivity index (χ4n) is 2.32. The molecule has 0 radical (unpaired) electrons.